The first-order valence-corrected chi connectivity index (χ1v) is 7.52. The minimum atomic E-state index is -0.175. The molecule has 0 saturated carbocycles. The highest BCUT2D eigenvalue weighted by molar-refractivity contribution is 5.76. The molecule has 0 atom stereocenters. The molecule has 2 heteroatoms. The van der Waals surface area contributed by atoms with Crippen LogP contribution in [-0.4, -0.2) is 6.54 Å². The molecule has 0 aromatic heterocycles. The van der Waals surface area contributed by atoms with Crippen LogP contribution in [-0.2, 0) is 6.54 Å². The zero-order valence-electron chi connectivity index (χ0n) is 13.6. The van der Waals surface area contributed by atoms with Crippen LogP contribution < -0.4 is 5.32 Å². The number of benzene rings is 2. The van der Waals surface area contributed by atoms with Gasteiger partial charge in [0.1, 0.15) is 5.82 Å². The van der Waals surface area contributed by atoms with Gasteiger partial charge < -0.3 is 5.32 Å². The molecule has 0 saturated heterocycles. The van der Waals surface area contributed by atoms with Crippen LogP contribution in [0.15, 0.2) is 24.3 Å². The summed E-state index contributed by atoms with van der Waals surface area (Å²) in [4.78, 5) is 0. The van der Waals surface area contributed by atoms with E-state index in [2.05, 4.69) is 46.0 Å². The molecule has 112 valence electrons. The second-order valence-electron chi connectivity index (χ2n) is 5.72. The Morgan fingerprint density at radius 1 is 0.952 bits per heavy atom. The first kappa shape index (κ1) is 15.7. The topological polar surface area (TPSA) is 12.0 Å². The highest BCUT2D eigenvalue weighted by Crippen LogP contribution is 2.34. The molecular weight excluding hydrogens is 261 g/mol. The van der Waals surface area contributed by atoms with E-state index in [1.165, 1.54) is 27.8 Å². The second-order valence-corrected chi connectivity index (χ2v) is 5.72. The normalized spacial score (nSPS) is 11.0. The van der Waals surface area contributed by atoms with Gasteiger partial charge in [-0.25, -0.2) is 4.39 Å². The summed E-state index contributed by atoms with van der Waals surface area (Å²) in [5.74, 6) is -0.175. The van der Waals surface area contributed by atoms with Crippen molar-refractivity contribution in [2.75, 3.05) is 6.54 Å². The Balaban J connectivity index is 2.67. The molecule has 21 heavy (non-hydrogen) atoms. The summed E-state index contributed by atoms with van der Waals surface area (Å²) in [6.45, 7) is 12.2. The zero-order chi connectivity index (χ0) is 15.6. The number of halogens is 1. The van der Waals surface area contributed by atoms with Gasteiger partial charge >= 0.3 is 0 Å². The van der Waals surface area contributed by atoms with Crippen molar-refractivity contribution >= 4 is 0 Å². The molecule has 0 spiro atoms. The summed E-state index contributed by atoms with van der Waals surface area (Å²) in [5, 5.41) is 3.30. The average Bonchev–Trinajstić information content (AvgIpc) is 2.45. The van der Waals surface area contributed by atoms with E-state index in [4.69, 9.17) is 0 Å². The fourth-order valence-electron chi connectivity index (χ4n) is 2.83. The van der Waals surface area contributed by atoms with Gasteiger partial charge in [-0.2, -0.15) is 0 Å². The zero-order valence-corrected chi connectivity index (χ0v) is 13.6. The van der Waals surface area contributed by atoms with E-state index in [1.54, 1.807) is 12.1 Å². The first-order chi connectivity index (χ1) is 9.95. The van der Waals surface area contributed by atoms with Crippen molar-refractivity contribution in [3.05, 3.63) is 57.9 Å². The largest absolute Gasteiger partial charge is 0.313 e. The van der Waals surface area contributed by atoms with Gasteiger partial charge in [-0.1, -0.05) is 19.1 Å². The van der Waals surface area contributed by atoms with Gasteiger partial charge in [0.25, 0.3) is 0 Å². The number of rotatable bonds is 4. The average molecular weight is 285 g/mol. The molecule has 0 unspecified atom stereocenters. The van der Waals surface area contributed by atoms with E-state index < -0.39 is 0 Å². The maximum absolute atomic E-state index is 13.6. The molecule has 0 amide bonds. The number of aryl methyl sites for hydroxylation is 2. The fraction of sp³-hybridized carbons (Fsp3) is 0.368. The van der Waals surface area contributed by atoms with Crippen molar-refractivity contribution in [3.63, 3.8) is 0 Å². The van der Waals surface area contributed by atoms with Crippen molar-refractivity contribution < 1.29 is 4.39 Å². The van der Waals surface area contributed by atoms with Crippen LogP contribution in [0.1, 0.15) is 34.7 Å². The number of nitrogens with one attached hydrogen (secondary N) is 1. The van der Waals surface area contributed by atoms with Gasteiger partial charge in [0.2, 0.25) is 0 Å². The molecule has 0 aliphatic rings. The Morgan fingerprint density at radius 3 is 2.14 bits per heavy atom. The molecule has 2 aromatic carbocycles. The molecule has 1 nitrogen and oxygen atoms in total. The summed E-state index contributed by atoms with van der Waals surface area (Å²) in [6, 6.07) is 7.34. The molecular formula is C19H24FN. The summed E-state index contributed by atoms with van der Waals surface area (Å²) < 4.78 is 13.6. The summed E-state index contributed by atoms with van der Waals surface area (Å²) in [5.41, 5.74) is 8.54. The predicted octanol–water partition coefficient (Wildman–Crippen LogP) is 4.84. The smallest absolute Gasteiger partial charge is 0.123 e. The Kier molecular flexibility index (Phi) is 4.79. The number of hydrogen-bond acceptors (Lipinski definition) is 1. The van der Waals surface area contributed by atoms with E-state index in [0.29, 0.717) is 6.54 Å². The monoisotopic (exact) mass is 285 g/mol. The SMILES string of the molecule is CCNCc1cc(F)ccc1-c1c(C)c(C)cc(C)c1C. The molecule has 1 N–H and O–H groups in total. The predicted molar refractivity (Wildman–Crippen MR) is 88.2 cm³/mol. The summed E-state index contributed by atoms with van der Waals surface area (Å²) >= 11 is 0. The summed E-state index contributed by atoms with van der Waals surface area (Å²) in [6.07, 6.45) is 0. The van der Waals surface area contributed by atoms with Crippen molar-refractivity contribution in [2.45, 2.75) is 41.2 Å². The van der Waals surface area contributed by atoms with E-state index in [1.807, 2.05) is 6.07 Å². The molecule has 2 aromatic rings. The molecule has 2 rings (SSSR count). The fourth-order valence-corrected chi connectivity index (χ4v) is 2.83. The molecule has 0 fully saturated rings. The lowest BCUT2D eigenvalue weighted by Gasteiger charge is -2.19. The summed E-state index contributed by atoms with van der Waals surface area (Å²) in [7, 11) is 0. The first-order valence-electron chi connectivity index (χ1n) is 7.52. The van der Waals surface area contributed by atoms with Crippen LogP contribution in [0.2, 0.25) is 0 Å². The van der Waals surface area contributed by atoms with Crippen LogP contribution in [0.4, 0.5) is 4.39 Å². The highest BCUT2D eigenvalue weighted by Gasteiger charge is 2.14. The van der Waals surface area contributed by atoms with Gasteiger partial charge in [-0.05, 0) is 85.3 Å². The van der Waals surface area contributed by atoms with E-state index in [0.717, 1.165) is 17.7 Å². The lowest BCUT2D eigenvalue weighted by atomic mass is 9.87. The lowest BCUT2D eigenvalue weighted by molar-refractivity contribution is 0.622. The van der Waals surface area contributed by atoms with E-state index in [-0.39, 0.29) is 5.82 Å². The van der Waals surface area contributed by atoms with Crippen molar-refractivity contribution in [2.24, 2.45) is 0 Å². The molecule has 0 aliphatic heterocycles. The third-order valence-corrected chi connectivity index (χ3v) is 4.27. The Bertz CT molecular complexity index is 633. The maximum atomic E-state index is 13.6. The quantitative estimate of drug-likeness (QED) is 0.848. The minimum absolute atomic E-state index is 0.175. The van der Waals surface area contributed by atoms with E-state index in [9.17, 15) is 4.39 Å². The molecule has 0 bridgehead atoms. The van der Waals surface area contributed by atoms with Crippen molar-refractivity contribution in [1.29, 1.82) is 0 Å². The van der Waals surface area contributed by atoms with Crippen LogP contribution in [0.3, 0.4) is 0 Å². The molecule has 0 radical (unpaired) electrons. The van der Waals surface area contributed by atoms with Crippen LogP contribution in [0.5, 0.6) is 0 Å². The van der Waals surface area contributed by atoms with Gasteiger partial charge in [0.15, 0.2) is 0 Å². The van der Waals surface area contributed by atoms with Gasteiger partial charge in [0, 0.05) is 6.54 Å². The number of hydrogen-bond donors (Lipinski definition) is 1. The second kappa shape index (κ2) is 6.40. The highest BCUT2D eigenvalue weighted by atomic mass is 19.1. The van der Waals surface area contributed by atoms with Crippen molar-refractivity contribution in [1.82, 2.24) is 5.32 Å². The van der Waals surface area contributed by atoms with Gasteiger partial charge in [-0.3, -0.25) is 0 Å². The van der Waals surface area contributed by atoms with Crippen LogP contribution in [0, 0.1) is 33.5 Å². The van der Waals surface area contributed by atoms with Gasteiger partial charge in [-0.15, -0.1) is 0 Å². The van der Waals surface area contributed by atoms with Gasteiger partial charge in [0.05, 0.1) is 0 Å². The lowest BCUT2D eigenvalue weighted by Crippen LogP contribution is -2.13. The van der Waals surface area contributed by atoms with Crippen LogP contribution >= 0.6 is 0 Å². The Morgan fingerprint density at radius 2 is 1.57 bits per heavy atom. The third-order valence-electron chi connectivity index (χ3n) is 4.27. The third kappa shape index (κ3) is 3.16. The Labute approximate surface area is 127 Å². The molecule has 0 aliphatic carbocycles. The standard InChI is InChI=1S/C19H24FN/c1-6-21-11-16-10-17(20)7-8-18(16)19-14(4)12(2)9-13(3)15(19)5/h7-10,21H,6,11H2,1-5H3. The van der Waals surface area contributed by atoms with E-state index >= 15 is 0 Å². The van der Waals surface area contributed by atoms with Crippen LogP contribution in [0.25, 0.3) is 11.1 Å². The van der Waals surface area contributed by atoms with Crippen molar-refractivity contribution in [3.8, 4) is 11.1 Å². The minimum Gasteiger partial charge on any atom is -0.313 e. The molecule has 0 heterocycles. The Hall–Kier alpha value is -1.67. The maximum Gasteiger partial charge on any atom is 0.123 e.